The van der Waals surface area contributed by atoms with Gasteiger partial charge in [-0.2, -0.15) is 0 Å². The molecule has 150 heavy (non-hydrogen) atoms. The lowest BCUT2D eigenvalue weighted by Crippen LogP contribution is -2.61. The van der Waals surface area contributed by atoms with Gasteiger partial charge in [-0.25, -0.2) is 5.10 Å². The van der Waals surface area contributed by atoms with Crippen LogP contribution in [-0.2, 0) is 120 Å². The lowest BCUT2D eigenvalue weighted by molar-refractivity contribution is -0.143. The van der Waals surface area contributed by atoms with Gasteiger partial charge < -0.3 is 131 Å². The lowest BCUT2D eigenvalue weighted by Gasteiger charge is -2.31. The quantitative estimate of drug-likeness (QED) is 0.0123. The average molecular weight is 2100 g/mol. The molecule has 2 aromatic heterocycles. The van der Waals surface area contributed by atoms with Crippen molar-refractivity contribution < 1.29 is 121 Å². The summed E-state index contributed by atoms with van der Waals surface area (Å²) in [7, 11) is 0. The summed E-state index contributed by atoms with van der Waals surface area (Å²) in [6, 6.07) is -2.77. The molecule has 12 atom stereocenters. The fourth-order valence-corrected chi connectivity index (χ4v) is 17.2. The average Bonchev–Trinajstić information content (AvgIpc) is 1.66. The number of guanidine groups is 1. The molecule has 51 nitrogen and oxygen atoms in total. The van der Waals surface area contributed by atoms with Crippen molar-refractivity contribution in [3.8, 4) is 0 Å². The summed E-state index contributed by atoms with van der Waals surface area (Å²) < 4.78 is 10.9. The minimum absolute atomic E-state index is 0.0236. The van der Waals surface area contributed by atoms with Gasteiger partial charge in [-0.05, 0) is 91.8 Å². The Hall–Kier alpha value is -14.3. The van der Waals surface area contributed by atoms with E-state index < -0.39 is 282 Å². The smallest absolute Gasteiger partial charge is 0.317 e. The Morgan fingerprint density at radius 2 is 1.17 bits per heavy atom. The van der Waals surface area contributed by atoms with Gasteiger partial charge in [-0.1, -0.05) is 158 Å². The molecule has 0 saturated carbocycles. The second-order valence-electron chi connectivity index (χ2n) is 37.5. The number of aliphatic hydroxyl groups excluding tert-OH is 2. The number of ether oxygens (including phenoxy) is 2. The zero-order valence-electron chi connectivity index (χ0n) is 85.1. The van der Waals surface area contributed by atoms with Gasteiger partial charge in [0.05, 0.1) is 58.7 Å². The van der Waals surface area contributed by atoms with Gasteiger partial charge in [0, 0.05) is 119 Å². The number of nitrogens with two attached hydrogens (primary N) is 3. The number of unbranched alkanes of at least 4 members (excludes halogenated alkanes) is 13. The number of aliphatic hydroxyl groups is 2. The van der Waals surface area contributed by atoms with Gasteiger partial charge >= 0.3 is 11.9 Å². The maximum atomic E-state index is 15.6. The molecule has 5 heterocycles. The normalized spacial score (nSPS) is 18.5. The first-order chi connectivity index (χ1) is 72.1. The number of primary amides is 2. The van der Waals surface area contributed by atoms with Crippen LogP contribution < -0.4 is 91.6 Å². The van der Waals surface area contributed by atoms with E-state index in [1.165, 1.54) is 57.6 Å². The second-order valence-corrected chi connectivity index (χ2v) is 37.5. The number of benzene rings is 2. The summed E-state index contributed by atoms with van der Waals surface area (Å²) in [6.45, 7) is -3.97. The molecule has 2 saturated heterocycles. The highest BCUT2D eigenvalue weighted by Gasteiger charge is 2.45. The van der Waals surface area contributed by atoms with E-state index in [1.54, 1.807) is 73.8 Å². The van der Waals surface area contributed by atoms with Crippen LogP contribution in [0, 0.1) is 5.41 Å². The zero-order chi connectivity index (χ0) is 109. The van der Waals surface area contributed by atoms with Crippen LogP contribution in [-0.4, -0.2) is 338 Å². The Balaban J connectivity index is 1.04. The number of allylic oxidation sites excluding steroid dienone is 1. The topological polar surface area (TPSA) is 783 Å². The number of rotatable bonds is 64. The lowest BCUT2D eigenvalue weighted by atomic mass is 10.00. The van der Waals surface area contributed by atoms with Gasteiger partial charge in [0.2, 0.25) is 94.5 Å². The van der Waals surface area contributed by atoms with Crippen LogP contribution in [0.4, 0.5) is 0 Å². The van der Waals surface area contributed by atoms with Crippen LogP contribution in [0.25, 0.3) is 10.9 Å². The molecular formula is C99H150N26O25. The number of nitrogens with one attached hydrogen (secondary N) is 17. The molecule has 0 radical (unpaired) electrons. The maximum absolute atomic E-state index is 15.6. The number of carbonyl (C=O) groups is 19. The number of nitrogens with zero attached hydrogens (tertiary/aromatic N) is 6. The summed E-state index contributed by atoms with van der Waals surface area (Å²) >= 11 is 0. The number of aromatic amines is 2. The Bertz CT molecular complexity index is 5130. The molecule has 0 aliphatic carbocycles. The van der Waals surface area contributed by atoms with E-state index in [0.29, 0.717) is 34.9 Å². The molecule has 16 amide bonds. The first-order valence-corrected chi connectivity index (χ1v) is 51.5. The number of ketones is 1. The first-order valence-electron chi connectivity index (χ1n) is 51.5. The van der Waals surface area contributed by atoms with Crippen LogP contribution in [0.1, 0.15) is 229 Å². The Morgan fingerprint density at radius 1 is 0.567 bits per heavy atom. The molecule has 0 spiro atoms. The number of fused-ring (bicyclic) bond motifs is 2. The van der Waals surface area contributed by atoms with Crippen molar-refractivity contribution in [2.45, 2.75) is 304 Å². The molecule has 3 aliphatic heterocycles. The summed E-state index contributed by atoms with van der Waals surface area (Å²) in [5.74, 6) is -18.4. The molecule has 0 bridgehead atoms. The van der Waals surface area contributed by atoms with Crippen LogP contribution in [0.3, 0.4) is 0 Å². The number of hydrogen-bond donors (Lipinski definition) is 24. The molecule has 3 aliphatic rings. The number of carboxylic acid groups (broad SMARTS) is 2. The van der Waals surface area contributed by atoms with Gasteiger partial charge in [0.25, 0.3) is 0 Å². The number of aliphatic carboxylic acids is 2. The number of aryl methyl sites for hydroxylation is 1. The summed E-state index contributed by atoms with van der Waals surface area (Å²) in [5.41, 5.74) is 19.0. The van der Waals surface area contributed by atoms with Gasteiger partial charge in [-0.3, -0.25) is 106 Å². The molecule has 0 unspecified atom stereocenters. The fraction of sp³-hybridized carbons (Fsp3) is 0.616. The van der Waals surface area contributed by atoms with Crippen molar-refractivity contribution in [3.63, 3.8) is 0 Å². The van der Waals surface area contributed by atoms with E-state index in [0.717, 1.165) is 54.1 Å². The highest BCUT2D eigenvalue weighted by Crippen LogP contribution is 2.26. The molecular weight excluding hydrogens is 1950 g/mol. The number of para-hydroxylation sites is 1. The second kappa shape index (κ2) is 68.3. The number of Topliss-reactive ketones (excluding diaryl/α,β-unsaturated/α-hetero) is 1. The monoisotopic (exact) mass is 2100 g/mol. The van der Waals surface area contributed by atoms with Crippen LogP contribution in [0.15, 0.2) is 77.6 Å². The van der Waals surface area contributed by atoms with Crippen LogP contribution in [0.5, 0.6) is 0 Å². The molecule has 7 rings (SSSR count). The standard InChI is InChI=1S/C99H150N26O25/c1-2-3-32-70(89(139)116-74-39-38-65(127)30-19-16-20-34-69(88(101)138)111-94(144)76(51-63-54-108-68-33-24-23-31-67(63)68)117-90(140)71(35-26-44-107-99(102)103)113-93(143)75(50-62-27-17-15-18-28-62)119-97(147)79-53-66(128)56-125(79)98(74)148)112-92(142)73(42-45-105-84(132)57-124(58-86(134)135)59-87(136)137)115-95(145)77(52-64-29-25-43-104-64)118-91(141)72(40-41-80(100)129)114-96(146)78(60-126)110-83(131)55-109-85(133)61-150-49-48-149-47-46-106-82(130)37-22-14-12-10-8-6-4-5-7-9-11-13-21-36-81-120-122-123-121-81/h15,17-18,23-24,27-29,31,33,43,54,66,69-79,108,126,128H,2-14,16,19-22,25-26,30,32,34-42,44-53,55-61H2,1H3,(H2,100,129)(H2,101,138)(H,105,132)(H,106,130)(H,109,133)(H,110,131)(H,111,144)(H,112,142)(H,113,143)(H,114,146)(H,115,145)(H,116,139)(H,117,140)(H,118,141)(H,119,147)(H,134,135)(H,136,137)(H4,102,103,107)(H,120,121,122,123)/t66-,69+,70+,71+,72+,73+,74+,75-,76+,77+,78+,79+/m1/s1. The van der Waals surface area contributed by atoms with Crippen molar-refractivity contribution in [2.24, 2.45) is 22.2 Å². The van der Waals surface area contributed by atoms with Crippen molar-refractivity contribution >= 4 is 135 Å². The highest BCUT2D eigenvalue weighted by atomic mass is 16.5. The number of hydrogen-bond acceptors (Lipinski definition) is 29. The Morgan fingerprint density at radius 3 is 1.82 bits per heavy atom. The predicted octanol–water partition coefficient (Wildman–Crippen LogP) is -2.52. The zero-order valence-corrected chi connectivity index (χ0v) is 85.1. The number of H-pyrrole nitrogens is 2. The Labute approximate surface area is 868 Å². The fourth-order valence-electron chi connectivity index (χ4n) is 17.2. The largest absolute Gasteiger partial charge is 0.480 e. The van der Waals surface area contributed by atoms with Crippen molar-refractivity contribution in [3.05, 3.63) is 89.5 Å². The third kappa shape index (κ3) is 47.4. The SMILES string of the molecule is CCCC[C@H](NC(=O)[C@H](CCNC(=O)CN(CC(=O)O)CC(=O)O)NC(=O)[C@H](CC1=CCC=N1)NC(=O)[C@H](CCC(N)=O)NC(=O)[C@H](CO)NC(=O)CNC(=O)COCCOCCNC(=O)CCCCCCCCCCCCCCCc1nnn[nH]1)C(=O)N[C@H]1CCC(=O)CCCCC[C@@H](C(N)=O)NC(=O)[C@H](Cc2c[nH]c3ccccc23)NC(=O)[C@H](CCCNC(=N)N)NC(=O)[C@@H](Cc2ccccc2)NC(=O)[C@@H]2C[C@@H](O)CN2C1=O. The minimum Gasteiger partial charge on any atom is -0.480 e. The molecule has 2 aromatic carbocycles. The molecule has 27 N–H and O–H groups in total. The van der Waals surface area contributed by atoms with Gasteiger partial charge in [0.1, 0.15) is 84.7 Å². The third-order valence-corrected chi connectivity index (χ3v) is 25.3. The third-order valence-electron chi connectivity index (χ3n) is 25.3. The van der Waals surface area contributed by atoms with Gasteiger partial charge in [-0.15, -0.1) is 5.10 Å². The predicted molar refractivity (Wildman–Crippen MR) is 544 cm³/mol. The van der Waals surface area contributed by atoms with E-state index in [4.69, 9.17) is 32.1 Å². The van der Waals surface area contributed by atoms with Crippen LogP contribution >= 0.6 is 0 Å². The summed E-state index contributed by atoms with van der Waals surface area (Å²) in [5, 5.41) is 99.4. The number of amides is 16. The number of carboxylic acids is 2. The number of aliphatic imine (C=N–C) groups is 1. The van der Waals surface area contributed by atoms with Crippen molar-refractivity contribution in [2.75, 3.05) is 85.4 Å². The maximum Gasteiger partial charge on any atom is 0.317 e. The van der Waals surface area contributed by atoms with E-state index >= 15 is 28.8 Å². The molecule has 826 valence electrons. The minimum atomic E-state index is -1.88. The van der Waals surface area contributed by atoms with E-state index in [-0.39, 0.29) is 122 Å². The van der Waals surface area contributed by atoms with Crippen LogP contribution in [0.2, 0.25) is 0 Å². The van der Waals surface area contributed by atoms with E-state index in [9.17, 15) is 82.8 Å². The van der Waals surface area contributed by atoms with Crippen molar-refractivity contribution in [1.82, 2.24) is 110 Å². The molecule has 51 heteroatoms. The van der Waals surface area contributed by atoms with Crippen molar-refractivity contribution in [1.29, 1.82) is 5.41 Å². The Kier molecular flexibility index (Phi) is 55.8. The molecule has 4 aromatic rings. The summed E-state index contributed by atoms with van der Waals surface area (Å²) in [6.07, 6.45) is 16.1. The number of tetrazole rings is 1. The number of carbonyl (C=O) groups excluding carboxylic acids is 17. The first kappa shape index (κ1) is 123. The van der Waals surface area contributed by atoms with E-state index in [2.05, 4.69) is 105 Å². The van der Waals surface area contributed by atoms with Gasteiger partial charge in [0.15, 0.2) is 5.96 Å². The van der Waals surface area contributed by atoms with E-state index in [1.807, 2.05) is 0 Å². The number of aromatic nitrogens is 5. The summed E-state index contributed by atoms with van der Waals surface area (Å²) in [4.78, 5) is 274. The highest BCUT2D eigenvalue weighted by molar-refractivity contribution is 6.01. The molecule has 2 fully saturated rings.